The van der Waals surface area contributed by atoms with Gasteiger partial charge in [0.25, 0.3) is 0 Å². The molecule has 4 nitrogen and oxygen atoms in total. The van der Waals surface area contributed by atoms with Gasteiger partial charge in [-0.25, -0.2) is 0 Å². The van der Waals surface area contributed by atoms with Crippen molar-refractivity contribution in [1.82, 2.24) is 9.78 Å². The largest absolute Gasteiger partial charge is 0.506 e. The van der Waals surface area contributed by atoms with Crippen LogP contribution in [-0.4, -0.2) is 14.9 Å². The van der Waals surface area contributed by atoms with Crippen LogP contribution in [0.5, 0.6) is 5.75 Å². The van der Waals surface area contributed by atoms with Crippen molar-refractivity contribution in [3.05, 3.63) is 42.2 Å². The van der Waals surface area contributed by atoms with E-state index in [0.717, 1.165) is 11.3 Å². The van der Waals surface area contributed by atoms with E-state index in [2.05, 4.69) is 10.4 Å². The van der Waals surface area contributed by atoms with Gasteiger partial charge in [0.2, 0.25) is 0 Å². The molecule has 0 atom stereocenters. The predicted molar refractivity (Wildman–Crippen MR) is 58.6 cm³/mol. The minimum absolute atomic E-state index is 0.265. The fourth-order valence-corrected chi connectivity index (χ4v) is 1.38. The number of hydrogen-bond donors (Lipinski definition) is 2. The molecule has 4 heteroatoms. The van der Waals surface area contributed by atoms with Crippen molar-refractivity contribution in [2.24, 2.45) is 7.05 Å². The summed E-state index contributed by atoms with van der Waals surface area (Å²) in [7, 11) is 1.88. The lowest BCUT2D eigenvalue weighted by Gasteiger charge is -2.06. The molecular weight excluding hydrogens is 190 g/mol. The number of aromatic nitrogens is 2. The first-order valence-corrected chi connectivity index (χ1v) is 4.75. The summed E-state index contributed by atoms with van der Waals surface area (Å²) in [6, 6.07) is 7.17. The molecule has 2 rings (SSSR count). The molecule has 1 aromatic carbocycles. The van der Waals surface area contributed by atoms with Crippen LogP contribution in [0.25, 0.3) is 0 Å². The number of rotatable bonds is 3. The fourth-order valence-electron chi connectivity index (χ4n) is 1.38. The van der Waals surface area contributed by atoms with Crippen LogP contribution in [0.3, 0.4) is 0 Å². The Kier molecular flexibility index (Phi) is 2.58. The first-order valence-electron chi connectivity index (χ1n) is 4.75. The number of hydrogen-bond acceptors (Lipinski definition) is 3. The molecule has 0 aliphatic heterocycles. The van der Waals surface area contributed by atoms with Crippen LogP contribution in [0.2, 0.25) is 0 Å². The van der Waals surface area contributed by atoms with E-state index in [4.69, 9.17) is 0 Å². The number of phenolic OH excluding ortho intramolecular Hbond substituents is 1. The van der Waals surface area contributed by atoms with Crippen LogP contribution in [0, 0.1) is 0 Å². The minimum atomic E-state index is 0.265. The first kappa shape index (κ1) is 9.58. The number of nitrogens with one attached hydrogen (secondary N) is 1. The molecule has 1 aromatic heterocycles. The lowest BCUT2D eigenvalue weighted by atomic mass is 10.3. The summed E-state index contributed by atoms with van der Waals surface area (Å²) < 4.78 is 1.75. The maximum Gasteiger partial charge on any atom is 0.138 e. The standard InChI is InChI=1S/C11H13N3O/c1-14-8-9(7-13-14)6-12-10-4-2-3-5-11(10)15/h2-5,7-8,12,15H,6H2,1H3. The van der Waals surface area contributed by atoms with Crippen LogP contribution in [0.1, 0.15) is 5.56 Å². The number of aromatic hydroxyl groups is 1. The van der Waals surface area contributed by atoms with Gasteiger partial charge in [-0.05, 0) is 12.1 Å². The van der Waals surface area contributed by atoms with Crippen molar-refractivity contribution < 1.29 is 5.11 Å². The van der Waals surface area contributed by atoms with Crippen molar-refractivity contribution in [3.8, 4) is 5.75 Å². The van der Waals surface area contributed by atoms with E-state index in [0.29, 0.717) is 6.54 Å². The zero-order chi connectivity index (χ0) is 10.7. The summed E-state index contributed by atoms with van der Waals surface area (Å²) in [5, 5.41) is 16.7. The second kappa shape index (κ2) is 4.04. The summed E-state index contributed by atoms with van der Waals surface area (Å²) in [6.45, 7) is 0.658. The number of aryl methyl sites for hydroxylation is 1. The van der Waals surface area contributed by atoms with Crippen LogP contribution >= 0.6 is 0 Å². The van der Waals surface area contributed by atoms with E-state index in [1.807, 2.05) is 25.4 Å². The van der Waals surface area contributed by atoms with Gasteiger partial charge in [0.05, 0.1) is 11.9 Å². The predicted octanol–water partition coefficient (Wildman–Crippen LogP) is 1.74. The Balaban J connectivity index is 2.02. The Labute approximate surface area is 88.2 Å². The number of nitrogens with zero attached hydrogens (tertiary/aromatic N) is 2. The van der Waals surface area contributed by atoms with Crippen LogP contribution < -0.4 is 5.32 Å². The molecule has 0 bridgehead atoms. The summed E-state index contributed by atoms with van der Waals surface area (Å²) >= 11 is 0. The van der Waals surface area contributed by atoms with E-state index < -0.39 is 0 Å². The van der Waals surface area contributed by atoms with Gasteiger partial charge in [0.1, 0.15) is 5.75 Å². The van der Waals surface area contributed by atoms with Gasteiger partial charge in [-0.3, -0.25) is 4.68 Å². The Morgan fingerprint density at radius 2 is 2.20 bits per heavy atom. The molecular formula is C11H13N3O. The zero-order valence-corrected chi connectivity index (χ0v) is 8.51. The molecule has 0 spiro atoms. The highest BCUT2D eigenvalue weighted by Gasteiger charge is 1.99. The molecule has 2 aromatic rings. The van der Waals surface area contributed by atoms with Crippen molar-refractivity contribution in [1.29, 1.82) is 0 Å². The maximum absolute atomic E-state index is 9.51. The minimum Gasteiger partial charge on any atom is -0.506 e. The molecule has 0 saturated carbocycles. The summed E-state index contributed by atoms with van der Waals surface area (Å²) in [5.74, 6) is 0.265. The zero-order valence-electron chi connectivity index (χ0n) is 8.51. The van der Waals surface area contributed by atoms with E-state index in [1.54, 1.807) is 23.0 Å². The third-order valence-electron chi connectivity index (χ3n) is 2.15. The number of anilines is 1. The van der Waals surface area contributed by atoms with Crippen LogP contribution in [0.4, 0.5) is 5.69 Å². The third-order valence-corrected chi connectivity index (χ3v) is 2.15. The first-order chi connectivity index (χ1) is 7.25. The van der Waals surface area contributed by atoms with Gasteiger partial charge in [0.15, 0.2) is 0 Å². The SMILES string of the molecule is Cn1cc(CNc2ccccc2O)cn1. The Hall–Kier alpha value is -1.97. The molecule has 0 radical (unpaired) electrons. The van der Waals surface area contributed by atoms with Gasteiger partial charge in [-0.15, -0.1) is 0 Å². The summed E-state index contributed by atoms with van der Waals surface area (Å²) in [5.41, 5.74) is 1.82. The summed E-state index contributed by atoms with van der Waals surface area (Å²) in [6.07, 6.45) is 3.74. The molecule has 15 heavy (non-hydrogen) atoms. The molecule has 0 saturated heterocycles. The molecule has 1 heterocycles. The number of phenols is 1. The van der Waals surface area contributed by atoms with Gasteiger partial charge in [-0.1, -0.05) is 12.1 Å². The fraction of sp³-hybridized carbons (Fsp3) is 0.182. The Bertz CT molecular complexity index is 451. The van der Waals surface area contributed by atoms with E-state index in [-0.39, 0.29) is 5.75 Å². The topological polar surface area (TPSA) is 50.1 Å². The highest BCUT2D eigenvalue weighted by atomic mass is 16.3. The molecule has 0 fully saturated rings. The molecule has 0 unspecified atom stereocenters. The quantitative estimate of drug-likeness (QED) is 0.747. The highest BCUT2D eigenvalue weighted by molar-refractivity contribution is 5.55. The van der Waals surface area contributed by atoms with Gasteiger partial charge in [-0.2, -0.15) is 5.10 Å². The lowest BCUT2D eigenvalue weighted by Crippen LogP contribution is -1.98. The molecule has 2 N–H and O–H groups in total. The van der Waals surface area contributed by atoms with Gasteiger partial charge in [0, 0.05) is 25.4 Å². The van der Waals surface area contributed by atoms with Crippen LogP contribution in [-0.2, 0) is 13.6 Å². The van der Waals surface area contributed by atoms with Crippen molar-refractivity contribution in [2.75, 3.05) is 5.32 Å². The normalized spacial score (nSPS) is 10.2. The monoisotopic (exact) mass is 203 g/mol. The molecule has 0 amide bonds. The maximum atomic E-state index is 9.51. The van der Waals surface area contributed by atoms with Crippen molar-refractivity contribution in [2.45, 2.75) is 6.54 Å². The third kappa shape index (κ3) is 2.28. The van der Waals surface area contributed by atoms with E-state index in [1.165, 1.54) is 0 Å². The molecule has 0 aliphatic carbocycles. The van der Waals surface area contributed by atoms with Crippen molar-refractivity contribution in [3.63, 3.8) is 0 Å². The number of benzene rings is 1. The average molecular weight is 203 g/mol. The van der Waals surface area contributed by atoms with Crippen molar-refractivity contribution >= 4 is 5.69 Å². The van der Waals surface area contributed by atoms with Gasteiger partial charge >= 0.3 is 0 Å². The Morgan fingerprint density at radius 1 is 1.40 bits per heavy atom. The van der Waals surface area contributed by atoms with E-state index in [9.17, 15) is 5.11 Å². The smallest absolute Gasteiger partial charge is 0.138 e. The van der Waals surface area contributed by atoms with Gasteiger partial charge < -0.3 is 10.4 Å². The second-order valence-electron chi connectivity index (χ2n) is 3.39. The second-order valence-corrected chi connectivity index (χ2v) is 3.39. The van der Waals surface area contributed by atoms with E-state index >= 15 is 0 Å². The average Bonchev–Trinajstić information content (AvgIpc) is 2.63. The number of para-hydroxylation sites is 2. The molecule has 78 valence electrons. The lowest BCUT2D eigenvalue weighted by molar-refractivity contribution is 0.477. The highest BCUT2D eigenvalue weighted by Crippen LogP contribution is 2.21. The summed E-state index contributed by atoms with van der Waals surface area (Å²) in [4.78, 5) is 0. The Morgan fingerprint density at radius 3 is 2.87 bits per heavy atom. The molecule has 0 aliphatic rings. The van der Waals surface area contributed by atoms with Crippen LogP contribution in [0.15, 0.2) is 36.7 Å².